The van der Waals surface area contributed by atoms with E-state index >= 15 is 0 Å². The van der Waals surface area contributed by atoms with Gasteiger partial charge in [0.2, 0.25) is 5.91 Å². The zero-order chi connectivity index (χ0) is 18.1. The smallest absolute Gasteiger partial charge is 0.259 e. The number of aromatic nitrogens is 2. The van der Waals surface area contributed by atoms with Crippen LogP contribution < -0.4 is 10.9 Å². The van der Waals surface area contributed by atoms with E-state index < -0.39 is 0 Å². The van der Waals surface area contributed by atoms with Crippen molar-refractivity contribution in [3.63, 3.8) is 0 Å². The summed E-state index contributed by atoms with van der Waals surface area (Å²) in [4.78, 5) is 34.0. The van der Waals surface area contributed by atoms with Gasteiger partial charge in [-0.05, 0) is 43.9 Å². The lowest BCUT2D eigenvalue weighted by Crippen LogP contribution is -2.28. The number of amides is 1. The Hall–Kier alpha value is -2.06. The minimum Gasteiger partial charge on any atom is -0.467 e. The monoisotopic (exact) mass is 389 g/mol. The molecule has 3 aromatic heterocycles. The highest BCUT2D eigenvalue weighted by Gasteiger charge is 2.21. The molecule has 0 unspecified atom stereocenters. The van der Waals surface area contributed by atoms with Gasteiger partial charge in [-0.3, -0.25) is 9.59 Å². The summed E-state index contributed by atoms with van der Waals surface area (Å²) in [5, 5.41) is 3.66. The number of carbonyl (C=O) groups is 1. The fourth-order valence-corrected chi connectivity index (χ4v) is 5.23. The van der Waals surface area contributed by atoms with E-state index in [4.69, 9.17) is 4.42 Å². The standard InChI is InChI=1S/C18H19N3O3S2/c1-10(12-5-3-7-24-12)19-15(22)9-25-8-14-20-17(23)16-11-4-2-6-13(11)26-18(16)21-14/h3,5,7,10H,2,4,6,8-9H2,1H3,(H,19,22)(H,20,21,23)/t10-/m1/s1. The highest BCUT2D eigenvalue weighted by atomic mass is 32.2. The molecule has 0 bridgehead atoms. The number of H-pyrrole nitrogens is 1. The molecule has 0 saturated carbocycles. The molecular weight excluding hydrogens is 370 g/mol. The van der Waals surface area contributed by atoms with Crippen LogP contribution in [0.1, 0.15) is 41.4 Å². The molecule has 0 radical (unpaired) electrons. The molecule has 0 aliphatic heterocycles. The number of fused-ring (bicyclic) bond motifs is 3. The van der Waals surface area contributed by atoms with Gasteiger partial charge < -0.3 is 14.7 Å². The molecule has 136 valence electrons. The van der Waals surface area contributed by atoms with Crippen molar-refractivity contribution in [3.8, 4) is 0 Å². The minimum atomic E-state index is -0.166. The van der Waals surface area contributed by atoms with Crippen LogP contribution in [0.2, 0.25) is 0 Å². The van der Waals surface area contributed by atoms with Crippen molar-refractivity contribution in [2.45, 2.75) is 38.0 Å². The number of nitrogens with one attached hydrogen (secondary N) is 2. The van der Waals surface area contributed by atoms with Crippen molar-refractivity contribution in [1.29, 1.82) is 0 Å². The molecule has 1 aliphatic rings. The van der Waals surface area contributed by atoms with E-state index in [-0.39, 0.29) is 17.5 Å². The van der Waals surface area contributed by atoms with Gasteiger partial charge in [0.1, 0.15) is 16.4 Å². The van der Waals surface area contributed by atoms with Crippen LogP contribution in [0.15, 0.2) is 27.6 Å². The van der Waals surface area contributed by atoms with Crippen molar-refractivity contribution >= 4 is 39.2 Å². The third-order valence-corrected chi connectivity index (χ3v) is 6.57. The number of carbonyl (C=O) groups excluding carboxylic acids is 1. The van der Waals surface area contributed by atoms with E-state index in [0.717, 1.165) is 35.2 Å². The van der Waals surface area contributed by atoms with Gasteiger partial charge in [0.05, 0.1) is 29.2 Å². The molecule has 0 fully saturated rings. The van der Waals surface area contributed by atoms with Gasteiger partial charge in [-0.2, -0.15) is 0 Å². The van der Waals surface area contributed by atoms with E-state index in [1.165, 1.54) is 22.2 Å². The van der Waals surface area contributed by atoms with Gasteiger partial charge in [0, 0.05) is 4.88 Å². The van der Waals surface area contributed by atoms with Gasteiger partial charge in [-0.1, -0.05) is 0 Å². The second-order valence-electron chi connectivity index (χ2n) is 6.35. The Kier molecular flexibility index (Phi) is 4.86. The van der Waals surface area contributed by atoms with Crippen LogP contribution in [-0.2, 0) is 23.4 Å². The topological polar surface area (TPSA) is 88.0 Å². The molecule has 1 atom stereocenters. The molecule has 8 heteroatoms. The number of nitrogens with zero attached hydrogens (tertiary/aromatic N) is 1. The summed E-state index contributed by atoms with van der Waals surface area (Å²) < 4.78 is 5.28. The maximum Gasteiger partial charge on any atom is 0.259 e. The van der Waals surface area contributed by atoms with E-state index in [9.17, 15) is 9.59 Å². The van der Waals surface area contributed by atoms with E-state index in [1.54, 1.807) is 23.7 Å². The molecular formula is C18H19N3O3S2. The van der Waals surface area contributed by atoms with Crippen LogP contribution in [0.5, 0.6) is 0 Å². The average Bonchev–Trinajstić information content (AvgIpc) is 3.31. The molecule has 0 saturated heterocycles. The van der Waals surface area contributed by atoms with Crippen LogP contribution >= 0.6 is 23.1 Å². The molecule has 0 aromatic carbocycles. The van der Waals surface area contributed by atoms with Crippen LogP contribution in [0, 0.1) is 0 Å². The number of aromatic amines is 1. The lowest BCUT2D eigenvalue weighted by molar-refractivity contribution is -0.119. The number of furan rings is 1. The van der Waals surface area contributed by atoms with Gasteiger partial charge in [0.25, 0.3) is 5.56 Å². The summed E-state index contributed by atoms with van der Waals surface area (Å²) in [5.41, 5.74) is 1.13. The van der Waals surface area contributed by atoms with Crippen LogP contribution in [-0.4, -0.2) is 21.6 Å². The number of rotatable bonds is 6. The summed E-state index contributed by atoms with van der Waals surface area (Å²) >= 11 is 3.06. The van der Waals surface area contributed by atoms with Crippen molar-refractivity contribution in [2.24, 2.45) is 0 Å². The van der Waals surface area contributed by atoms with Crippen LogP contribution in [0.4, 0.5) is 0 Å². The predicted octanol–water partition coefficient (Wildman–Crippen LogP) is 3.18. The second kappa shape index (κ2) is 7.28. The van der Waals surface area contributed by atoms with Crippen LogP contribution in [0.3, 0.4) is 0 Å². The average molecular weight is 390 g/mol. The number of thioether (sulfide) groups is 1. The zero-order valence-electron chi connectivity index (χ0n) is 14.3. The molecule has 26 heavy (non-hydrogen) atoms. The predicted molar refractivity (Wildman–Crippen MR) is 104 cm³/mol. The van der Waals surface area contributed by atoms with Crippen molar-refractivity contribution in [3.05, 3.63) is 50.8 Å². The lowest BCUT2D eigenvalue weighted by Gasteiger charge is -2.11. The molecule has 2 N–H and O–H groups in total. The highest BCUT2D eigenvalue weighted by Crippen LogP contribution is 2.34. The first kappa shape index (κ1) is 17.4. The quantitative estimate of drug-likeness (QED) is 0.676. The van der Waals surface area contributed by atoms with Crippen molar-refractivity contribution in [2.75, 3.05) is 5.75 Å². The number of thiophene rings is 1. The highest BCUT2D eigenvalue weighted by molar-refractivity contribution is 7.99. The molecule has 1 amide bonds. The van der Waals surface area contributed by atoms with Crippen molar-refractivity contribution in [1.82, 2.24) is 15.3 Å². The third-order valence-electron chi connectivity index (χ3n) is 4.44. The number of aryl methyl sites for hydroxylation is 2. The van der Waals surface area contributed by atoms with Crippen LogP contribution in [0.25, 0.3) is 10.2 Å². The minimum absolute atomic E-state index is 0.0547. The Labute approximate surface area is 158 Å². The maximum atomic E-state index is 12.4. The van der Waals surface area contributed by atoms with Gasteiger partial charge in [0.15, 0.2) is 0 Å². The summed E-state index contributed by atoms with van der Waals surface area (Å²) in [6, 6.07) is 3.46. The Morgan fingerprint density at radius 1 is 1.50 bits per heavy atom. The van der Waals surface area contributed by atoms with E-state index in [0.29, 0.717) is 17.3 Å². The number of hydrogen-bond donors (Lipinski definition) is 2. The third kappa shape index (κ3) is 3.43. The zero-order valence-corrected chi connectivity index (χ0v) is 16.0. The Balaban J connectivity index is 1.36. The summed E-state index contributed by atoms with van der Waals surface area (Å²) in [7, 11) is 0. The fourth-order valence-electron chi connectivity index (χ4n) is 3.25. The SMILES string of the molecule is C[C@@H](NC(=O)CSCc1nc2sc3c(c2c(=O)[nH]1)CCC3)c1ccco1. The Morgan fingerprint density at radius 3 is 3.19 bits per heavy atom. The molecule has 3 heterocycles. The second-order valence-corrected chi connectivity index (χ2v) is 8.42. The summed E-state index contributed by atoms with van der Waals surface area (Å²) in [6.45, 7) is 1.88. The first-order valence-electron chi connectivity index (χ1n) is 8.56. The number of hydrogen-bond acceptors (Lipinski definition) is 6. The van der Waals surface area contributed by atoms with E-state index in [1.807, 2.05) is 13.0 Å². The van der Waals surface area contributed by atoms with Gasteiger partial charge >= 0.3 is 0 Å². The summed E-state index contributed by atoms with van der Waals surface area (Å²) in [6.07, 6.45) is 4.74. The largest absolute Gasteiger partial charge is 0.467 e. The summed E-state index contributed by atoms with van der Waals surface area (Å²) in [5.74, 6) is 2.08. The normalized spacial score (nSPS) is 14.5. The molecule has 3 aromatic rings. The molecule has 6 nitrogen and oxygen atoms in total. The van der Waals surface area contributed by atoms with E-state index in [2.05, 4.69) is 15.3 Å². The molecule has 0 spiro atoms. The van der Waals surface area contributed by atoms with Crippen molar-refractivity contribution < 1.29 is 9.21 Å². The Morgan fingerprint density at radius 2 is 2.38 bits per heavy atom. The molecule has 4 rings (SSSR count). The molecule has 1 aliphatic carbocycles. The van der Waals surface area contributed by atoms with Gasteiger partial charge in [-0.25, -0.2) is 4.98 Å². The first-order valence-corrected chi connectivity index (χ1v) is 10.5. The first-order chi connectivity index (χ1) is 12.6. The van der Waals surface area contributed by atoms with Gasteiger partial charge in [-0.15, -0.1) is 23.1 Å². The lowest BCUT2D eigenvalue weighted by atomic mass is 10.2. The maximum absolute atomic E-state index is 12.4. The fraction of sp³-hybridized carbons (Fsp3) is 0.389. The Bertz CT molecular complexity index is 991.